The summed E-state index contributed by atoms with van der Waals surface area (Å²) in [5, 5.41) is 8.46. The zero-order valence-electron chi connectivity index (χ0n) is 17.9. The zero-order valence-corrected chi connectivity index (χ0v) is 18.8. The van der Waals surface area contributed by atoms with Crippen LogP contribution < -0.4 is 5.32 Å². The maximum Gasteiger partial charge on any atom is 0.190 e. The predicted molar refractivity (Wildman–Crippen MR) is 130 cm³/mol. The maximum atomic E-state index is 10.5. The van der Waals surface area contributed by atoms with Crippen LogP contribution in [-0.4, -0.2) is 37.5 Å². The molecule has 5 nitrogen and oxygen atoms in total. The highest BCUT2D eigenvalue weighted by Crippen LogP contribution is 2.35. The average Bonchev–Trinajstić information content (AvgIpc) is 3.63. The quantitative estimate of drug-likeness (QED) is 0.419. The fourth-order valence-corrected chi connectivity index (χ4v) is 6.04. The largest absolute Gasteiger partial charge is 0.317 e. The number of aromatic nitrogens is 3. The van der Waals surface area contributed by atoms with Crippen LogP contribution in [0.2, 0.25) is 0 Å². The van der Waals surface area contributed by atoms with Gasteiger partial charge in [-0.3, -0.25) is 0 Å². The number of benzene rings is 2. The van der Waals surface area contributed by atoms with E-state index < -0.39 is 11.2 Å². The first-order chi connectivity index (χ1) is 15.8. The van der Waals surface area contributed by atoms with Gasteiger partial charge in [-0.05, 0) is 54.6 Å². The lowest BCUT2D eigenvalue weighted by atomic mass is 9.89. The maximum absolute atomic E-state index is 10.5. The summed E-state index contributed by atoms with van der Waals surface area (Å²) in [5.41, 5.74) is 6.53. The molecule has 0 spiro atoms. The Morgan fingerprint density at radius 1 is 0.906 bits per heavy atom. The van der Waals surface area contributed by atoms with Crippen molar-refractivity contribution >= 4 is 16.8 Å². The highest BCUT2D eigenvalue weighted by molar-refractivity contribution is 7.92. The van der Waals surface area contributed by atoms with Crippen molar-refractivity contribution in [2.45, 2.75) is 41.7 Å². The van der Waals surface area contributed by atoms with Gasteiger partial charge < -0.3 is 5.32 Å². The van der Waals surface area contributed by atoms with Crippen LogP contribution >= 0.6 is 0 Å². The molecule has 162 valence electrons. The fourth-order valence-electron chi connectivity index (χ4n) is 4.61. The summed E-state index contributed by atoms with van der Waals surface area (Å²) in [6.07, 6.45) is 10.5. The van der Waals surface area contributed by atoms with Crippen molar-refractivity contribution in [3.05, 3.63) is 72.7 Å². The van der Waals surface area contributed by atoms with E-state index >= 15 is 0 Å². The molecule has 1 unspecified atom stereocenters. The van der Waals surface area contributed by atoms with Gasteiger partial charge in [-0.2, -0.15) is 9.65 Å². The third-order valence-corrected chi connectivity index (χ3v) is 8.48. The molecule has 1 saturated carbocycles. The Kier molecular flexibility index (Phi) is 5.21. The minimum Gasteiger partial charge on any atom is -0.317 e. The predicted octanol–water partition coefficient (Wildman–Crippen LogP) is 5.14. The first-order valence-electron chi connectivity index (χ1n) is 11.4. The van der Waals surface area contributed by atoms with E-state index in [1.165, 1.54) is 18.4 Å². The van der Waals surface area contributed by atoms with Crippen LogP contribution in [0.15, 0.2) is 72.0 Å². The first kappa shape index (κ1) is 20.0. The van der Waals surface area contributed by atoms with E-state index in [1.807, 2.05) is 29.0 Å². The van der Waals surface area contributed by atoms with Crippen LogP contribution in [0.5, 0.6) is 0 Å². The number of rotatable bonds is 5. The highest BCUT2D eigenvalue weighted by Gasteiger charge is 2.42. The summed E-state index contributed by atoms with van der Waals surface area (Å²) in [6, 6.07) is 17.1. The van der Waals surface area contributed by atoms with Crippen molar-refractivity contribution in [3.8, 4) is 22.3 Å². The second kappa shape index (κ2) is 8.35. The molecule has 2 N–H and O–H groups in total. The molecular formula is C26H27N4OS+. The molecule has 1 atom stereocenters. The Bertz CT molecular complexity index is 1240. The van der Waals surface area contributed by atoms with Crippen LogP contribution in [0.1, 0.15) is 37.2 Å². The van der Waals surface area contributed by atoms with Crippen molar-refractivity contribution in [2.24, 2.45) is 0 Å². The molecule has 1 aliphatic heterocycles. The molecule has 2 aromatic carbocycles. The molecule has 2 fully saturated rings. The fraction of sp³-hybridized carbons (Fsp3) is 0.308. The minimum atomic E-state index is -0.663. The number of fused-ring (bicyclic) bond motifs is 1. The molecule has 3 heterocycles. The number of hydrogen-bond acceptors (Lipinski definition) is 4. The normalized spacial score (nSPS) is 18.2. The van der Waals surface area contributed by atoms with Gasteiger partial charge in [0.05, 0.1) is 6.20 Å². The van der Waals surface area contributed by atoms with Crippen LogP contribution in [0.4, 0.5) is 0 Å². The summed E-state index contributed by atoms with van der Waals surface area (Å²) in [6.45, 7) is 2.22. The summed E-state index contributed by atoms with van der Waals surface area (Å²) in [4.78, 5) is 5.77. The van der Waals surface area contributed by atoms with E-state index in [4.69, 9.17) is 4.98 Å². The Hall–Kier alpha value is -2.67. The molecule has 32 heavy (non-hydrogen) atoms. The first-order valence-corrected chi connectivity index (χ1v) is 12.7. The molecule has 6 heteroatoms. The van der Waals surface area contributed by atoms with Gasteiger partial charge in [0.15, 0.2) is 27.0 Å². The lowest BCUT2D eigenvalue weighted by Crippen LogP contribution is -2.26. The van der Waals surface area contributed by atoms with Crippen molar-refractivity contribution in [3.63, 3.8) is 0 Å². The van der Waals surface area contributed by atoms with E-state index in [9.17, 15) is 4.55 Å². The molecule has 0 bridgehead atoms. The van der Waals surface area contributed by atoms with Gasteiger partial charge in [-0.25, -0.2) is 9.50 Å². The van der Waals surface area contributed by atoms with Crippen molar-refractivity contribution in [1.82, 2.24) is 19.9 Å². The lowest BCUT2D eigenvalue weighted by Gasteiger charge is -2.23. The van der Waals surface area contributed by atoms with Crippen LogP contribution in [0.3, 0.4) is 0 Å². The Balaban J connectivity index is 1.28. The zero-order chi connectivity index (χ0) is 21.5. The second-order valence-electron chi connectivity index (χ2n) is 8.86. The molecule has 0 amide bonds. The SMILES string of the molecule is O[S+](c1cccc(-c2cnn3cc(-c4ccc(C5CCNCC5)cc4)cnc23)c1)C1CC1. The van der Waals surface area contributed by atoms with Crippen LogP contribution in [0.25, 0.3) is 27.9 Å². The van der Waals surface area contributed by atoms with Gasteiger partial charge in [-0.15, -0.1) is 0 Å². The van der Waals surface area contributed by atoms with Gasteiger partial charge in [-0.1, -0.05) is 36.4 Å². The van der Waals surface area contributed by atoms with E-state index in [2.05, 4.69) is 53.0 Å². The van der Waals surface area contributed by atoms with Gasteiger partial charge in [0.1, 0.15) is 0 Å². The molecule has 2 aliphatic rings. The van der Waals surface area contributed by atoms with E-state index in [0.29, 0.717) is 11.2 Å². The summed E-state index contributed by atoms with van der Waals surface area (Å²) in [5.74, 6) is 0.661. The Morgan fingerprint density at radius 2 is 1.72 bits per heavy atom. The van der Waals surface area contributed by atoms with E-state index in [1.54, 1.807) is 0 Å². The van der Waals surface area contributed by atoms with Gasteiger partial charge >= 0.3 is 0 Å². The Morgan fingerprint density at radius 3 is 2.50 bits per heavy atom. The standard InChI is InChI=1S/C26H27N4OS/c31-32(23-8-9-23)24-3-1-2-21(14-24)25-16-29-30-17-22(15-28-26(25)30)19-6-4-18(5-7-19)20-10-12-27-13-11-20/h1-7,14-17,20,23,27,31H,8-13H2/q+1. The average molecular weight is 444 g/mol. The topological polar surface area (TPSA) is 62.5 Å². The minimum absolute atomic E-state index is 0.441. The molecule has 2 aromatic heterocycles. The molecule has 6 rings (SSSR count). The summed E-state index contributed by atoms with van der Waals surface area (Å²) >= 11 is -0.663. The third-order valence-electron chi connectivity index (χ3n) is 6.64. The smallest absolute Gasteiger partial charge is 0.190 e. The number of nitrogens with zero attached hydrogens (tertiary/aromatic N) is 3. The number of piperidine rings is 1. The molecular weight excluding hydrogens is 416 g/mol. The summed E-state index contributed by atoms with van der Waals surface area (Å²) in [7, 11) is 0. The van der Waals surface area contributed by atoms with Crippen molar-refractivity contribution in [1.29, 1.82) is 0 Å². The molecule has 0 radical (unpaired) electrons. The number of hydrogen-bond donors (Lipinski definition) is 2. The summed E-state index contributed by atoms with van der Waals surface area (Å²) < 4.78 is 12.4. The molecule has 1 aliphatic carbocycles. The lowest BCUT2D eigenvalue weighted by molar-refractivity contribution is 0.460. The monoisotopic (exact) mass is 443 g/mol. The second-order valence-corrected chi connectivity index (χ2v) is 10.6. The van der Waals surface area contributed by atoms with Gasteiger partial charge in [0.2, 0.25) is 0 Å². The Labute approximate surface area is 191 Å². The number of nitrogens with one attached hydrogen (secondary N) is 1. The van der Waals surface area contributed by atoms with Crippen molar-refractivity contribution in [2.75, 3.05) is 13.1 Å². The molecule has 4 aromatic rings. The van der Waals surface area contributed by atoms with Gasteiger partial charge in [0, 0.05) is 42.4 Å². The van der Waals surface area contributed by atoms with Crippen molar-refractivity contribution < 1.29 is 4.55 Å². The van der Waals surface area contributed by atoms with Crippen LogP contribution in [-0.2, 0) is 11.2 Å². The van der Waals surface area contributed by atoms with Gasteiger partial charge in [0.25, 0.3) is 0 Å². The van der Waals surface area contributed by atoms with Crippen LogP contribution in [0, 0.1) is 0 Å². The third kappa shape index (κ3) is 3.83. The highest BCUT2D eigenvalue weighted by atomic mass is 32.2. The van der Waals surface area contributed by atoms with E-state index in [-0.39, 0.29) is 0 Å². The van der Waals surface area contributed by atoms with E-state index in [0.717, 1.165) is 58.7 Å². The molecule has 1 saturated heterocycles.